The first-order chi connectivity index (χ1) is 15.6. The molecule has 1 N–H and O–H groups in total. The van der Waals surface area contributed by atoms with Gasteiger partial charge in [-0.2, -0.15) is 0 Å². The summed E-state index contributed by atoms with van der Waals surface area (Å²) in [5, 5.41) is 12.3. The van der Waals surface area contributed by atoms with E-state index >= 15 is 0 Å². The van der Waals surface area contributed by atoms with E-state index in [0.717, 1.165) is 36.3 Å². The summed E-state index contributed by atoms with van der Waals surface area (Å²) in [6, 6.07) is 8.59. The number of hydrogen-bond donors (Lipinski definition) is 1. The Labute approximate surface area is 190 Å². The van der Waals surface area contributed by atoms with Crippen molar-refractivity contribution in [2.75, 3.05) is 5.32 Å². The lowest BCUT2D eigenvalue weighted by molar-refractivity contribution is -0.146. The van der Waals surface area contributed by atoms with Gasteiger partial charge in [0.2, 0.25) is 22.9 Å². The highest BCUT2D eigenvalue weighted by atomic mass is 32.1. The van der Waals surface area contributed by atoms with Crippen LogP contribution < -0.4 is 5.32 Å². The number of fused-ring (bicyclic) bond motifs is 1. The van der Waals surface area contributed by atoms with Crippen LogP contribution in [0, 0.1) is 23.7 Å². The number of amides is 3. The standard InChI is InChI=1S/C24H26N4O3S/c1-2-6-18-26-27-24(32-18)25-21(29)17(13-14-7-4-3-5-8-14)28-22(30)19-15-9-10-16(12-11-15)20(19)23(28)31/h3-5,7-10,15-17,19-20H,2,6,11-13H2,1H3,(H,25,27,29). The molecule has 8 heteroatoms. The van der Waals surface area contributed by atoms with Crippen LogP contribution in [-0.2, 0) is 27.2 Å². The second-order valence-electron chi connectivity index (χ2n) is 8.83. The van der Waals surface area contributed by atoms with Crippen LogP contribution in [0.25, 0.3) is 0 Å². The summed E-state index contributed by atoms with van der Waals surface area (Å²) in [6.07, 6.45) is 8.04. The van der Waals surface area contributed by atoms with Crippen LogP contribution in [-0.4, -0.2) is 38.9 Å². The number of carbonyl (C=O) groups excluding carboxylic acids is 3. The van der Waals surface area contributed by atoms with E-state index in [1.165, 1.54) is 16.2 Å². The maximum atomic E-state index is 13.5. The largest absolute Gasteiger partial charge is 0.299 e. The lowest BCUT2D eigenvalue weighted by Crippen LogP contribution is -2.49. The molecule has 2 fully saturated rings. The molecule has 1 saturated carbocycles. The van der Waals surface area contributed by atoms with Gasteiger partial charge < -0.3 is 0 Å². The van der Waals surface area contributed by atoms with E-state index in [9.17, 15) is 14.4 Å². The summed E-state index contributed by atoms with van der Waals surface area (Å²) >= 11 is 1.33. The third-order valence-electron chi connectivity index (χ3n) is 6.84. The minimum absolute atomic E-state index is 0.0895. The van der Waals surface area contributed by atoms with Crippen LogP contribution in [0.15, 0.2) is 42.5 Å². The van der Waals surface area contributed by atoms with Gasteiger partial charge in [-0.15, -0.1) is 10.2 Å². The van der Waals surface area contributed by atoms with Crippen LogP contribution in [0.1, 0.15) is 36.8 Å². The number of nitrogens with zero attached hydrogens (tertiary/aromatic N) is 3. The summed E-state index contributed by atoms with van der Waals surface area (Å²) in [5.74, 6) is -1.31. The van der Waals surface area contributed by atoms with Gasteiger partial charge in [-0.3, -0.25) is 24.6 Å². The van der Waals surface area contributed by atoms with Crippen LogP contribution in [0.4, 0.5) is 5.13 Å². The third kappa shape index (κ3) is 3.66. The van der Waals surface area contributed by atoms with Gasteiger partial charge in [-0.1, -0.05) is 60.7 Å². The molecule has 1 aromatic heterocycles. The fourth-order valence-corrected chi connectivity index (χ4v) is 6.20. The number of likely N-dealkylation sites (tertiary alicyclic amines) is 1. The summed E-state index contributed by atoms with van der Waals surface area (Å²) in [7, 11) is 0. The second kappa shape index (κ2) is 8.58. The number of aromatic nitrogens is 2. The van der Waals surface area contributed by atoms with Gasteiger partial charge in [0, 0.05) is 12.8 Å². The van der Waals surface area contributed by atoms with Crippen molar-refractivity contribution in [3.05, 3.63) is 53.1 Å². The molecule has 1 saturated heterocycles. The van der Waals surface area contributed by atoms with Gasteiger partial charge in [0.1, 0.15) is 11.0 Å². The first kappa shape index (κ1) is 21.0. The molecule has 166 valence electrons. The summed E-state index contributed by atoms with van der Waals surface area (Å²) in [4.78, 5) is 41.6. The lowest BCUT2D eigenvalue weighted by Gasteiger charge is -2.38. The summed E-state index contributed by atoms with van der Waals surface area (Å²) in [6.45, 7) is 2.06. The molecular formula is C24H26N4O3S. The molecule has 2 heterocycles. The van der Waals surface area contributed by atoms with Crippen LogP contribution >= 0.6 is 11.3 Å². The number of nitrogens with one attached hydrogen (secondary N) is 1. The van der Waals surface area contributed by atoms with Gasteiger partial charge in [-0.25, -0.2) is 0 Å². The first-order valence-electron chi connectivity index (χ1n) is 11.3. The molecule has 3 aliphatic carbocycles. The highest BCUT2D eigenvalue weighted by Crippen LogP contribution is 2.50. The third-order valence-corrected chi connectivity index (χ3v) is 7.74. The maximum Gasteiger partial charge on any atom is 0.249 e. The monoisotopic (exact) mass is 450 g/mol. The first-order valence-corrected chi connectivity index (χ1v) is 12.1. The molecule has 2 aromatic rings. The molecule has 5 unspecified atom stereocenters. The Morgan fingerprint density at radius 1 is 1.09 bits per heavy atom. The van der Waals surface area contributed by atoms with E-state index in [0.29, 0.717) is 5.13 Å². The molecule has 6 rings (SSSR count). The van der Waals surface area contributed by atoms with E-state index in [2.05, 4.69) is 34.6 Å². The number of hydrogen-bond acceptors (Lipinski definition) is 6. The quantitative estimate of drug-likeness (QED) is 0.516. The number of rotatable bonds is 7. The fraction of sp³-hybridized carbons (Fsp3) is 0.458. The molecule has 0 spiro atoms. The molecule has 3 amide bonds. The van der Waals surface area contributed by atoms with E-state index in [1.807, 2.05) is 30.3 Å². The molecule has 1 aliphatic heterocycles. The Morgan fingerprint density at radius 3 is 2.34 bits per heavy atom. The number of allylic oxidation sites excluding steroid dienone is 2. The Balaban J connectivity index is 1.44. The molecule has 1 aromatic carbocycles. The van der Waals surface area contributed by atoms with Crippen LogP contribution in [0.2, 0.25) is 0 Å². The number of benzene rings is 1. The van der Waals surface area contributed by atoms with Crippen LogP contribution in [0.5, 0.6) is 0 Å². The van der Waals surface area contributed by atoms with Crippen molar-refractivity contribution in [1.82, 2.24) is 15.1 Å². The highest BCUT2D eigenvalue weighted by molar-refractivity contribution is 7.15. The van der Waals surface area contributed by atoms with Crippen molar-refractivity contribution in [2.24, 2.45) is 23.7 Å². The zero-order chi connectivity index (χ0) is 22.2. The van der Waals surface area contributed by atoms with Crippen molar-refractivity contribution in [2.45, 2.75) is 45.1 Å². The van der Waals surface area contributed by atoms with Gasteiger partial charge >= 0.3 is 0 Å². The molecule has 4 aliphatic rings. The Kier molecular flexibility index (Phi) is 5.63. The zero-order valence-corrected chi connectivity index (χ0v) is 18.8. The predicted octanol–water partition coefficient (Wildman–Crippen LogP) is 3.24. The molecule has 5 atom stereocenters. The molecular weight excluding hydrogens is 424 g/mol. The molecule has 2 bridgehead atoms. The SMILES string of the molecule is CCCc1nnc(NC(=O)C(Cc2ccccc2)N2C(=O)C3C4C=CC(CC4)C3C2=O)s1. The number of imide groups is 1. The van der Waals surface area contributed by atoms with Crippen molar-refractivity contribution in [3.63, 3.8) is 0 Å². The highest BCUT2D eigenvalue weighted by Gasteiger charge is 2.58. The van der Waals surface area contributed by atoms with Crippen LogP contribution in [0.3, 0.4) is 0 Å². The minimum Gasteiger partial charge on any atom is -0.299 e. The van der Waals surface area contributed by atoms with Crippen molar-refractivity contribution >= 4 is 34.2 Å². The van der Waals surface area contributed by atoms with Gasteiger partial charge in [-0.05, 0) is 36.7 Å². The smallest absolute Gasteiger partial charge is 0.249 e. The Bertz CT molecular complexity index is 1030. The summed E-state index contributed by atoms with van der Waals surface area (Å²) in [5.41, 5.74) is 0.896. The molecule has 7 nitrogen and oxygen atoms in total. The van der Waals surface area contributed by atoms with Gasteiger partial charge in [0.25, 0.3) is 0 Å². The molecule has 0 radical (unpaired) electrons. The van der Waals surface area contributed by atoms with E-state index < -0.39 is 11.9 Å². The van der Waals surface area contributed by atoms with E-state index in [4.69, 9.17) is 0 Å². The Hall–Kier alpha value is -2.87. The minimum atomic E-state index is -0.916. The van der Waals surface area contributed by atoms with Gasteiger partial charge in [0.15, 0.2) is 0 Å². The summed E-state index contributed by atoms with van der Waals surface area (Å²) < 4.78 is 0. The molecule has 32 heavy (non-hydrogen) atoms. The second-order valence-corrected chi connectivity index (χ2v) is 9.90. The normalized spacial score (nSPS) is 27.0. The number of carbonyl (C=O) groups is 3. The predicted molar refractivity (Wildman–Crippen MR) is 121 cm³/mol. The Morgan fingerprint density at radius 2 is 1.75 bits per heavy atom. The number of anilines is 1. The van der Waals surface area contributed by atoms with Crippen molar-refractivity contribution in [3.8, 4) is 0 Å². The average Bonchev–Trinajstić information content (AvgIpc) is 3.37. The fourth-order valence-electron chi connectivity index (χ4n) is 5.35. The van der Waals surface area contributed by atoms with E-state index in [-0.39, 0.29) is 41.9 Å². The van der Waals surface area contributed by atoms with E-state index in [1.54, 1.807) is 0 Å². The van der Waals surface area contributed by atoms with Crippen molar-refractivity contribution in [1.29, 1.82) is 0 Å². The average molecular weight is 451 g/mol. The topological polar surface area (TPSA) is 92.3 Å². The maximum absolute atomic E-state index is 13.5. The van der Waals surface area contributed by atoms with Crippen molar-refractivity contribution < 1.29 is 14.4 Å². The van der Waals surface area contributed by atoms with Gasteiger partial charge in [0.05, 0.1) is 11.8 Å². The number of aryl methyl sites for hydroxylation is 1. The zero-order valence-electron chi connectivity index (χ0n) is 17.9. The lowest BCUT2D eigenvalue weighted by atomic mass is 9.63.